The molecule has 1 aromatic heterocycles. The second-order valence-electron chi connectivity index (χ2n) is 5.34. The quantitative estimate of drug-likeness (QED) is 0.645. The molecule has 3 rings (SSSR count). The highest BCUT2D eigenvalue weighted by Gasteiger charge is 2.16. The van der Waals surface area contributed by atoms with Crippen molar-refractivity contribution in [3.8, 4) is 16.6 Å². The molecule has 0 aliphatic heterocycles. The van der Waals surface area contributed by atoms with Gasteiger partial charge in [0.2, 0.25) is 0 Å². The number of carbonyl (C=O) groups is 1. The number of thioether (sulfide) groups is 1. The first-order valence-electron chi connectivity index (χ1n) is 7.50. The number of thiazole rings is 1. The summed E-state index contributed by atoms with van der Waals surface area (Å²) in [6, 6.07) is 17.9. The lowest BCUT2D eigenvalue weighted by atomic mass is 10.1. The maximum atomic E-state index is 11.2. The normalized spacial score (nSPS) is 10.4. The Morgan fingerprint density at radius 1 is 1.28 bits per heavy atom. The standard InChI is InChI=1S/C19H14N2O2S2/c1-12-17(19(22)23)25-18(21-12)14-7-8-16(15(9-14)10-20)24-11-13-5-3-2-4-6-13/h2-9H,11H2,1H3,(H,22,23). The van der Waals surface area contributed by atoms with Crippen molar-refractivity contribution in [3.63, 3.8) is 0 Å². The van der Waals surface area contributed by atoms with E-state index in [9.17, 15) is 10.1 Å². The zero-order valence-electron chi connectivity index (χ0n) is 13.4. The van der Waals surface area contributed by atoms with E-state index in [1.165, 1.54) is 5.56 Å². The molecule has 0 fully saturated rings. The predicted molar refractivity (Wildman–Crippen MR) is 100.0 cm³/mol. The number of hydrogen-bond donors (Lipinski definition) is 1. The van der Waals surface area contributed by atoms with Crippen molar-refractivity contribution < 1.29 is 9.90 Å². The highest BCUT2D eigenvalue weighted by molar-refractivity contribution is 7.98. The summed E-state index contributed by atoms with van der Waals surface area (Å²) in [4.78, 5) is 16.6. The Labute approximate surface area is 153 Å². The van der Waals surface area contributed by atoms with Crippen LogP contribution in [0.1, 0.15) is 26.5 Å². The molecule has 0 radical (unpaired) electrons. The molecule has 0 aliphatic carbocycles. The number of nitrogens with zero attached hydrogens (tertiary/aromatic N) is 2. The van der Waals surface area contributed by atoms with Gasteiger partial charge in [-0.3, -0.25) is 0 Å². The van der Waals surface area contributed by atoms with Crippen molar-refractivity contribution in [1.29, 1.82) is 5.26 Å². The molecular weight excluding hydrogens is 352 g/mol. The molecule has 0 aliphatic rings. The minimum absolute atomic E-state index is 0.232. The molecule has 1 heterocycles. The van der Waals surface area contributed by atoms with Crippen LogP contribution in [-0.2, 0) is 5.75 Å². The Morgan fingerprint density at radius 3 is 2.68 bits per heavy atom. The third-order valence-electron chi connectivity index (χ3n) is 3.57. The smallest absolute Gasteiger partial charge is 0.347 e. The fraction of sp³-hybridized carbons (Fsp3) is 0.105. The van der Waals surface area contributed by atoms with Crippen LogP contribution in [0.4, 0.5) is 0 Å². The lowest BCUT2D eigenvalue weighted by Gasteiger charge is -2.06. The number of nitriles is 1. The number of rotatable bonds is 5. The summed E-state index contributed by atoms with van der Waals surface area (Å²) in [5.74, 6) is -0.189. The number of benzene rings is 2. The summed E-state index contributed by atoms with van der Waals surface area (Å²) in [5, 5.41) is 19.2. The average Bonchev–Trinajstić information content (AvgIpc) is 3.02. The Kier molecular flexibility index (Phi) is 5.17. The predicted octanol–water partition coefficient (Wildman–Crippen LogP) is 4.98. The van der Waals surface area contributed by atoms with E-state index >= 15 is 0 Å². The fourth-order valence-corrected chi connectivity index (χ4v) is 4.17. The van der Waals surface area contributed by atoms with Gasteiger partial charge in [-0.2, -0.15) is 5.26 Å². The summed E-state index contributed by atoms with van der Waals surface area (Å²) in [6.45, 7) is 1.68. The van der Waals surface area contributed by atoms with Crippen molar-refractivity contribution in [2.75, 3.05) is 0 Å². The zero-order valence-corrected chi connectivity index (χ0v) is 15.0. The van der Waals surface area contributed by atoms with Crippen LogP contribution < -0.4 is 0 Å². The summed E-state index contributed by atoms with van der Waals surface area (Å²) in [5.41, 5.74) is 3.03. The average molecular weight is 366 g/mol. The number of aromatic nitrogens is 1. The Bertz CT molecular complexity index is 959. The van der Waals surface area contributed by atoms with Gasteiger partial charge in [0.05, 0.1) is 11.3 Å². The van der Waals surface area contributed by atoms with Crippen LogP contribution in [0.25, 0.3) is 10.6 Å². The Balaban J connectivity index is 1.86. The molecule has 1 N–H and O–H groups in total. The molecule has 3 aromatic rings. The van der Waals surface area contributed by atoms with Gasteiger partial charge in [0.1, 0.15) is 16.0 Å². The number of hydrogen-bond acceptors (Lipinski definition) is 5. The minimum atomic E-state index is -0.975. The van der Waals surface area contributed by atoms with Gasteiger partial charge in [-0.05, 0) is 24.6 Å². The van der Waals surface area contributed by atoms with Crippen LogP contribution in [0.5, 0.6) is 0 Å². The van der Waals surface area contributed by atoms with Crippen LogP contribution in [0.2, 0.25) is 0 Å². The van der Waals surface area contributed by atoms with E-state index in [1.807, 2.05) is 30.3 Å². The van der Waals surface area contributed by atoms with E-state index in [2.05, 4.69) is 23.2 Å². The van der Waals surface area contributed by atoms with Crippen LogP contribution in [-0.4, -0.2) is 16.1 Å². The van der Waals surface area contributed by atoms with E-state index in [4.69, 9.17) is 5.11 Å². The molecule has 0 saturated carbocycles. The van der Waals surface area contributed by atoms with Gasteiger partial charge in [-0.25, -0.2) is 9.78 Å². The molecule has 25 heavy (non-hydrogen) atoms. The summed E-state index contributed by atoms with van der Waals surface area (Å²) >= 11 is 2.74. The molecule has 2 aromatic carbocycles. The SMILES string of the molecule is Cc1nc(-c2ccc(SCc3ccccc3)c(C#N)c2)sc1C(=O)O. The zero-order chi connectivity index (χ0) is 17.8. The van der Waals surface area contributed by atoms with Gasteiger partial charge >= 0.3 is 5.97 Å². The monoisotopic (exact) mass is 366 g/mol. The third kappa shape index (κ3) is 3.90. The molecule has 6 heteroatoms. The van der Waals surface area contributed by atoms with Gasteiger partial charge in [0.15, 0.2) is 0 Å². The van der Waals surface area contributed by atoms with Crippen molar-refractivity contribution in [2.24, 2.45) is 0 Å². The Morgan fingerprint density at radius 2 is 2.04 bits per heavy atom. The third-order valence-corrected chi connectivity index (χ3v) is 5.91. The van der Waals surface area contributed by atoms with Crippen molar-refractivity contribution in [3.05, 3.63) is 70.2 Å². The van der Waals surface area contributed by atoms with Gasteiger partial charge in [0, 0.05) is 16.2 Å². The minimum Gasteiger partial charge on any atom is -0.477 e. The largest absolute Gasteiger partial charge is 0.477 e. The number of aryl methyl sites for hydroxylation is 1. The van der Waals surface area contributed by atoms with E-state index in [-0.39, 0.29) is 4.88 Å². The summed E-state index contributed by atoms with van der Waals surface area (Å²) in [6.07, 6.45) is 0. The molecule has 0 saturated heterocycles. The number of carboxylic acid groups (broad SMARTS) is 1. The lowest BCUT2D eigenvalue weighted by Crippen LogP contribution is -1.94. The summed E-state index contributed by atoms with van der Waals surface area (Å²) < 4.78 is 0. The molecule has 0 amide bonds. The Hall–Kier alpha value is -2.62. The molecule has 4 nitrogen and oxygen atoms in total. The number of aromatic carboxylic acids is 1. The maximum absolute atomic E-state index is 11.2. The first-order chi connectivity index (χ1) is 12.1. The number of carboxylic acids is 1. The van der Waals surface area contributed by atoms with E-state index < -0.39 is 5.97 Å². The lowest BCUT2D eigenvalue weighted by molar-refractivity contribution is 0.0701. The van der Waals surface area contributed by atoms with Gasteiger partial charge < -0.3 is 5.11 Å². The van der Waals surface area contributed by atoms with E-state index in [0.29, 0.717) is 16.3 Å². The van der Waals surface area contributed by atoms with E-state index in [0.717, 1.165) is 27.5 Å². The second-order valence-corrected chi connectivity index (χ2v) is 7.35. The first kappa shape index (κ1) is 17.2. The van der Waals surface area contributed by atoms with Gasteiger partial charge in [-0.1, -0.05) is 36.4 Å². The van der Waals surface area contributed by atoms with E-state index in [1.54, 1.807) is 24.8 Å². The molecule has 0 spiro atoms. The molecule has 0 unspecified atom stereocenters. The maximum Gasteiger partial charge on any atom is 0.347 e. The van der Waals surface area contributed by atoms with Crippen molar-refractivity contribution in [1.82, 2.24) is 4.98 Å². The highest BCUT2D eigenvalue weighted by Crippen LogP contribution is 2.33. The molecule has 0 bridgehead atoms. The van der Waals surface area contributed by atoms with Crippen LogP contribution in [0, 0.1) is 18.3 Å². The van der Waals surface area contributed by atoms with Gasteiger partial charge in [-0.15, -0.1) is 23.1 Å². The van der Waals surface area contributed by atoms with Crippen LogP contribution in [0.15, 0.2) is 53.4 Å². The first-order valence-corrected chi connectivity index (χ1v) is 9.30. The fourth-order valence-electron chi connectivity index (χ4n) is 2.33. The van der Waals surface area contributed by atoms with Crippen molar-refractivity contribution in [2.45, 2.75) is 17.6 Å². The summed E-state index contributed by atoms with van der Waals surface area (Å²) in [7, 11) is 0. The highest BCUT2D eigenvalue weighted by atomic mass is 32.2. The van der Waals surface area contributed by atoms with Crippen LogP contribution >= 0.6 is 23.1 Å². The van der Waals surface area contributed by atoms with Crippen molar-refractivity contribution >= 4 is 29.1 Å². The van der Waals surface area contributed by atoms with Gasteiger partial charge in [0.25, 0.3) is 0 Å². The molecule has 124 valence electrons. The topological polar surface area (TPSA) is 74.0 Å². The second kappa shape index (κ2) is 7.51. The molecular formula is C19H14N2O2S2. The van der Waals surface area contributed by atoms with Crippen LogP contribution in [0.3, 0.4) is 0 Å². The molecule has 0 atom stereocenters.